The molecule has 30 heavy (non-hydrogen) atoms. The predicted molar refractivity (Wildman–Crippen MR) is 107 cm³/mol. The molecule has 0 saturated carbocycles. The number of allylic oxidation sites excluding steroid dienone is 2. The number of dihydropyridines is 1. The number of nitrogens with zero attached hydrogens (tertiary/aromatic N) is 1. The summed E-state index contributed by atoms with van der Waals surface area (Å²) in [5.74, 6) is -1.64. The summed E-state index contributed by atoms with van der Waals surface area (Å²) in [6.07, 6.45) is -0.993. The Morgan fingerprint density at radius 2 is 2.00 bits per heavy atom. The second kappa shape index (κ2) is 9.88. The fourth-order valence-electron chi connectivity index (χ4n) is 3.09. The molecule has 1 aliphatic rings. The van der Waals surface area contributed by atoms with E-state index in [1.165, 1.54) is 25.2 Å². The van der Waals surface area contributed by atoms with Gasteiger partial charge in [-0.3, -0.25) is 14.9 Å². The largest absolute Gasteiger partial charge is 0.513 e. The molecule has 2 rings (SSSR count). The summed E-state index contributed by atoms with van der Waals surface area (Å²) in [5.41, 5.74) is 0.355. The first-order valence-corrected chi connectivity index (χ1v) is 9.32. The molecule has 0 saturated heterocycles. The van der Waals surface area contributed by atoms with Gasteiger partial charge in [0.2, 0.25) is 5.91 Å². The molecule has 1 atom stereocenters. The van der Waals surface area contributed by atoms with E-state index in [1.54, 1.807) is 13.0 Å². The summed E-state index contributed by atoms with van der Waals surface area (Å²) < 4.78 is 10.5. The zero-order valence-corrected chi connectivity index (χ0v) is 17.2. The topological polar surface area (TPSA) is 140 Å². The highest BCUT2D eigenvalue weighted by Crippen LogP contribution is 2.42. The van der Waals surface area contributed by atoms with Crippen LogP contribution in [-0.2, 0) is 14.3 Å². The first-order chi connectivity index (χ1) is 14.2. The smallest absolute Gasteiger partial charge is 0.434 e. The van der Waals surface area contributed by atoms with Crippen molar-refractivity contribution in [1.29, 1.82) is 0 Å². The van der Waals surface area contributed by atoms with Crippen molar-refractivity contribution in [2.75, 3.05) is 20.3 Å². The number of para-hydroxylation sites is 1. The van der Waals surface area contributed by atoms with Crippen LogP contribution in [0.15, 0.2) is 47.0 Å². The van der Waals surface area contributed by atoms with Gasteiger partial charge in [-0.1, -0.05) is 32.0 Å². The maximum Gasteiger partial charge on any atom is 0.513 e. The molecule has 3 N–H and O–H groups in total. The molecule has 1 aromatic carbocycles. The minimum atomic E-state index is -1.11. The number of likely N-dealkylation sites (N-methyl/N-ethyl adjacent to an activating group) is 1. The Bertz CT molecular complexity index is 905. The van der Waals surface area contributed by atoms with Crippen molar-refractivity contribution >= 4 is 17.7 Å². The summed E-state index contributed by atoms with van der Waals surface area (Å²) in [6.45, 7) is 4.88. The normalized spacial score (nSPS) is 16.3. The van der Waals surface area contributed by atoms with E-state index in [0.29, 0.717) is 5.70 Å². The molecular formula is C20H25N3O7. The summed E-state index contributed by atoms with van der Waals surface area (Å²) in [4.78, 5) is 36.0. The molecule has 1 amide bonds. The predicted octanol–water partition coefficient (Wildman–Crippen LogP) is 2.31. The number of aliphatic hydroxyl groups excluding tert-OH is 1. The molecule has 10 nitrogen and oxygen atoms in total. The lowest BCUT2D eigenvalue weighted by Crippen LogP contribution is -2.36. The van der Waals surface area contributed by atoms with Gasteiger partial charge in [-0.2, -0.15) is 0 Å². The Morgan fingerprint density at radius 1 is 1.33 bits per heavy atom. The monoisotopic (exact) mass is 419 g/mol. The van der Waals surface area contributed by atoms with E-state index in [4.69, 9.17) is 9.47 Å². The van der Waals surface area contributed by atoms with E-state index in [-0.39, 0.29) is 40.8 Å². The molecule has 1 heterocycles. The van der Waals surface area contributed by atoms with Gasteiger partial charge in [-0.15, -0.1) is 0 Å². The minimum Gasteiger partial charge on any atom is -0.434 e. The van der Waals surface area contributed by atoms with Crippen molar-refractivity contribution < 1.29 is 29.1 Å². The van der Waals surface area contributed by atoms with Gasteiger partial charge in [0.05, 0.1) is 41.0 Å². The molecule has 1 unspecified atom stereocenters. The number of ether oxygens (including phenoxy) is 2. The molecule has 1 aliphatic heterocycles. The lowest BCUT2D eigenvalue weighted by molar-refractivity contribution is -0.385. The van der Waals surface area contributed by atoms with Crippen LogP contribution in [-0.4, -0.2) is 42.4 Å². The number of hydrogen-bond donors (Lipinski definition) is 3. The van der Waals surface area contributed by atoms with Gasteiger partial charge in [-0.25, -0.2) is 4.79 Å². The average molecular weight is 419 g/mol. The van der Waals surface area contributed by atoms with E-state index in [0.717, 1.165) is 0 Å². The lowest BCUT2D eigenvalue weighted by Gasteiger charge is -2.31. The van der Waals surface area contributed by atoms with E-state index >= 15 is 0 Å². The van der Waals surface area contributed by atoms with Crippen LogP contribution in [0.25, 0.3) is 0 Å². The molecule has 0 aromatic heterocycles. The number of amides is 1. The third-order valence-electron chi connectivity index (χ3n) is 4.39. The number of nitro groups is 1. The van der Waals surface area contributed by atoms with Crippen molar-refractivity contribution in [3.63, 3.8) is 0 Å². The average Bonchev–Trinajstić information content (AvgIpc) is 2.72. The number of carbonyl (C=O) groups is 2. The van der Waals surface area contributed by atoms with Gasteiger partial charge in [-0.05, 0) is 12.8 Å². The summed E-state index contributed by atoms with van der Waals surface area (Å²) in [6, 6.07) is 5.84. The minimum absolute atomic E-state index is 0.00607. The van der Waals surface area contributed by atoms with Crippen LogP contribution in [0.1, 0.15) is 32.3 Å². The molecule has 162 valence electrons. The molecule has 1 aromatic rings. The maximum atomic E-state index is 12.7. The standard InChI is InChI=1S/C20H25N3O7/c1-11(2)10-29-20(26)30-18-12(3)22-14(9-24)17(19(25)21-4)16(18)13-7-5-6-8-15(13)23(27)28/h5-8,11,16,22,24H,9-10H2,1-4H3,(H,21,25). The molecule has 10 heteroatoms. The second-order valence-electron chi connectivity index (χ2n) is 7.05. The fourth-order valence-corrected chi connectivity index (χ4v) is 3.09. The lowest BCUT2D eigenvalue weighted by atomic mass is 9.83. The molecule has 0 fully saturated rings. The highest BCUT2D eigenvalue weighted by Gasteiger charge is 2.39. The van der Waals surface area contributed by atoms with Crippen molar-refractivity contribution in [3.05, 3.63) is 62.7 Å². The van der Waals surface area contributed by atoms with Crippen LogP contribution in [0, 0.1) is 16.0 Å². The van der Waals surface area contributed by atoms with Gasteiger partial charge < -0.3 is 25.2 Å². The van der Waals surface area contributed by atoms with E-state index in [2.05, 4.69) is 10.6 Å². The number of nitrogens with one attached hydrogen (secondary N) is 2. The van der Waals surface area contributed by atoms with Gasteiger partial charge in [0.15, 0.2) is 0 Å². The summed E-state index contributed by atoms with van der Waals surface area (Å²) in [7, 11) is 1.39. The Balaban J connectivity index is 2.63. The number of nitro benzene ring substituents is 1. The third-order valence-corrected chi connectivity index (χ3v) is 4.39. The first kappa shape index (κ1) is 22.9. The molecular weight excluding hydrogens is 394 g/mol. The number of rotatable bonds is 7. The van der Waals surface area contributed by atoms with Crippen LogP contribution >= 0.6 is 0 Å². The quantitative estimate of drug-likeness (QED) is 0.347. The maximum absolute atomic E-state index is 12.7. The van der Waals surface area contributed by atoms with Crippen molar-refractivity contribution in [1.82, 2.24) is 10.6 Å². The molecule has 0 spiro atoms. The van der Waals surface area contributed by atoms with Crippen molar-refractivity contribution in [3.8, 4) is 0 Å². The van der Waals surface area contributed by atoms with Crippen molar-refractivity contribution in [2.45, 2.75) is 26.7 Å². The first-order valence-electron chi connectivity index (χ1n) is 9.32. The SMILES string of the molecule is CNC(=O)C1=C(CO)NC(C)=C(OC(=O)OCC(C)C)C1c1ccccc1[N+](=O)[O-]. The van der Waals surface area contributed by atoms with E-state index in [1.807, 2.05) is 13.8 Å². The highest BCUT2D eigenvalue weighted by molar-refractivity contribution is 5.97. The van der Waals surface area contributed by atoms with Gasteiger partial charge >= 0.3 is 6.16 Å². The number of carbonyl (C=O) groups excluding carboxylic acids is 2. The van der Waals surface area contributed by atoms with Crippen LogP contribution in [0.2, 0.25) is 0 Å². The second-order valence-corrected chi connectivity index (χ2v) is 7.05. The third kappa shape index (κ3) is 4.95. The molecule has 0 radical (unpaired) electrons. The molecule has 0 bridgehead atoms. The Morgan fingerprint density at radius 3 is 2.57 bits per heavy atom. The number of aliphatic hydroxyl groups is 1. The van der Waals surface area contributed by atoms with Gasteiger partial charge in [0, 0.05) is 18.7 Å². The Kier molecular flexibility index (Phi) is 7.54. The summed E-state index contributed by atoms with van der Waals surface area (Å²) >= 11 is 0. The van der Waals surface area contributed by atoms with Crippen LogP contribution in [0.4, 0.5) is 10.5 Å². The zero-order valence-electron chi connectivity index (χ0n) is 17.2. The highest BCUT2D eigenvalue weighted by atomic mass is 16.7. The molecule has 0 aliphatic carbocycles. The summed E-state index contributed by atoms with van der Waals surface area (Å²) in [5, 5.41) is 26.7. The number of benzene rings is 1. The van der Waals surface area contributed by atoms with Crippen LogP contribution in [0.3, 0.4) is 0 Å². The Labute approximate surface area is 173 Å². The number of hydrogen-bond acceptors (Lipinski definition) is 8. The fraction of sp³-hybridized carbons (Fsp3) is 0.400. The van der Waals surface area contributed by atoms with Crippen LogP contribution in [0.5, 0.6) is 0 Å². The Hall–Kier alpha value is -3.40. The van der Waals surface area contributed by atoms with Gasteiger partial charge in [0.1, 0.15) is 5.76 Å². The zero-order chi connectivity index (χ0) is 22.4. The van der Waals surface area contributed by atoms with Crippen molar-refractivity contribution in [2.24, 2.45) is 5.92 Å². The van der Waals surface area contributed by atoms with E-state index < -0.39 is 29.5 Å². The van der Waals surface area contributed by atoms with E-state index in [9.17, 15) is 24.8 Å². The van der Waals surface area contributed by atoms with Crippen LogP contribution < -0.4 is 10.6 Å². The van der Waals surface area contributed by atoms with Gasteiger partial charge in [0.25, 0.3) is 5.69 Å².